The molecule has 0 unspecified atom stereocenters. The highest BCUT2D eigenvalue weighted by Crippen LogP contribution is 2.23. The summed E-state index contributed by atoms with van der Waals surface area (Å²) < 4.78 is 0. The first kappa shape index (κ1) is 19.5. The quantitative estimate of drug-likeness (QED) is 0.571. The second-order valence-corrected chi connectivity index (χ2v) is 7.24. The van der Waals surface area contributed by atoms with E-state index in [0.29, 0.717) is 5.00 Å². The highest BCUT2D eigenvalue weighted by molar-refractivity contribution is 7.14. The zero-order valence-corrected chi connectivity index (χ0v) is 16.1. The topological polar surface area (TPSA) is 105 Å². The summed E-state index contributed by atoms with van der Waals surface area (Å²) in [4.78, 5) is 37.4. The molecule has 0 saturated heterocycles. The fraction of sp³-hybridized carbons (Fsp3) is 0.150. The molecule has 4 N–H and O–H groups in total. The van der Waals surface area contributed by atoms with Crippen LogP contribution in [-0.2, 0) is 9.59 Å². The number of hydrogen-bond donors (Lipinski definition) is 3. The van der Waals surface area contributed by atoms with Crippen molar-refractivity contribution in [3.05, 3.63) is 59.5 Å². The predicted octanol–water partition coefficient (Wildman–Crippen LogP) is 2.51. The SMILES string of the molecule is CN(CC(=O)Nc1sccc1C(N)=O)CC(=O)Nc1cccc2ccccc12. The van der Waals surface area contributed by atoms with E-state index in [0.717, 1.165) is 16.5 Å². The Morgan fingerprint density at radius 3 is 2.39 bits per heavy atom. The zero-order chi connectivity index (χ0) is 20.1. The van der Waals surface area contributed by atoms with Crippen molar-refractivity contribution in [2.24, 2.45) is 5.73 Å². The Kier molecular flexibility index (Phi) is 6.03. The molecule has 1 aromatic heterocycles. The van der Waals surface area contributed by atoms with Crippen LogP contribution in [0.5, 0.6) is 0 Å². The Labute approximate surface area is 166 Å². The van der Waals surface area contributed by atoms with Crippen molar-refractivity contribution in [3.8, 4) is 0 Å². The van der Waals surface area contributed by atoms with Crippen LogP contribution in [0, 0.1) is 0 Å². The normalized spacial score (nSPS) is 10.8. The van der Waals surface area contributed by atoms with E-state index in [2.05, 4.69) is 10.6 Å². The third-order valence-corrected chi connectivity index (χ3v) is 4.90. The zero-order valence-electron chi connectivity index (χ0n) is 15.3. The van der Waals surface area contributed by atoms with Gasteiger partial charge in [0.05, 0.1) is 18.7 Å². The number of benzene rings is 2. The maximum absolute atomic E-state index is 12.4. The number of carbonyl (C=O) groups excluding carboxylic acids is 3. The van der Waals surface area contributed by atoms with Crippen molar-refractivity contribution in [1.82, 2.24) is 4.90 Å². The molecule has 7 nitrogen and oxygen atoms in total. The first-order valence-electron chi connectivity index (χ1n) is 8.57. The Balaban J connectivity index is 1.56. The van der Waals surface area contributed by atoms with Crippen molar-refractivity contribution in [2.75, 3.05) is 30.8 Å². The minimum atomic E-state index is -0.598. The van der Waals surface area contributed by atoms with Crippen molar-refractivity contribution >= 4 is 50.5 Å². The van der Waals surface area contributed by atoms with Gasteiger partial charge in [-0.25, -0.2) is 0 Å². The number of hydrogen-bond acceptors (Lipinski definition) is 5. The molecule has 3 rings (SSSR count). The lowest BCUT2D eigenvalue weighted by atomic mass is 10.1. The Hall–Kier alpha value is -3.23. The van der Waals surface area contributed by atoms with E-state index in [1.807, 2.05) is 42.5 Å². The number of carbonyl (C=O) groups is 3. The van der Waals surface area contributed by atoms with Crippen LogP contribution in [0.15, 0.2) is 53.9 Å². The number of amides is 3. The van der Waals surface area contributed by atoms with Gasteiger partial charge >= 0.3 is 0 Å². The average molecular weight is 396 g/mol. The Morgan fingerprint density at radius 1 is 0.964 bits per heavy atom. The van der Waals surface area contributed by atoms with E-state index in [1.165, 1.54) is 11.3 Å². The molecule has 144 valence electrons. The standard InChI is InChI=1S/C20H20N4O3S/c1-24(12-18(26)23-20-15(19(21)27)9-10-28-20)11-17(25)22-16-8-4-6-13-5-2-3-7-14(13)16/h2-10H,11-12H2,1H3,(H2,21,27)(H,22,25)(H,23,26). The van der Waals surface area contributed by atoms with Gasteiger partial charge in [-0.3, -0.25) is 19.3 Å². The number of nitrogens with two attached hydrogens (primary N) is 1. The van der Waals surface area contributed by atoms with Gasteiger partial charge in [-0.2, -0.15) is 0 Å². The van der Waals surface area contributed by atoms with Gasteiger partial charge in [-0.1, -0.05) is 36.4 Å². The molecular formula is C20H20N4O3S. The summed E-state index contributed by atoms with van der Waals surface area (Å²) in [6.45, 7) is 0.0445. The average Bonchev–Trinajstić information content (AvgIpc) is 3.10. The molecule has 0 aliphatic carbocycles. The molecule has 1 heterocycles. The largest absolute Gasteiger partial charge is 0.366 e. The van der Waals surface area contributed by atoms with Crippen LogP contribution < -0.4 is 16.4 Å². The number of primary amides is 1. The lowest BCUT2D eigenvalue weighted by Gasteiger charge is -2.16. The summed E-state index contributed by atoms with van der Waals surface area (Å²) in [7, 11) is 1.67. The monoisotopic (exact) mass is 396 g/mol. The minimum Gasteiger partial charge on any atom is -0.366 e. The van der Waals surface area contributed by atoms with E-state index >= 15 is 0 Å². The second-order valence-electron chi connectivity index (χ2n) is 6.32. The maximum Gasteiger partial charge on any atom is 0.251 e. The third kappa shape index (κ3) is 4.73. The molecule has 2 aromatic carbocycles. The number of nitrogens with zero attached hydrogens (tertiary/aromatic N) is 1. The molecule has 8 heteroatoms. The number of thiophene rings is 1. The van der Waals surface area contributed by atoms with Crippen molar-refractivity contribution in [3.63, 3.8) is 0 Å². The number of likely N-dealkylation sites (N-methyl/N-ethyl adjacent to an activating group) is 1. The smallest absolute Gasteiger partial charge is 0.251 e. The molecule has 3 aromatic rings. The van der Waals surface area contributed by atoms with Crippen LogP contribution in [0.1, 0.15) is 10.4 Å². The number of fused-ring (bicyclic) bond motifs is 1. The van der Waals surface area contributed by atoms with Crippen LogP contribution in [0.25, 0.3) is 10.8 Å². The van der Waals surface area contributed by atoms with Gasteiger partial charge in [0.25, 0.3) is 5.91 Å². The fourth-order valence-electron chi connectivity index (χ4n) is 2.84. The van der Waals surface area contributed by atoms with E-state index in [-0.39, 0.29) is 30.5 Å². The lowest BCUT2D eigenvalue weighted by molar-refractivity contribution is -0.119. The van der Waals surface area contributed by atoms with Gasteiger partial charge in [0.2, 0.25) is 11.8 Å². The second kappa shape index (κ2) is 8.64. The third-order valence-electron chi connectivity index (χ3n) is 4.07. The summed E-state index contributed by atoms with van der Waals surface area (Å²) in [5.74, 6) is -1.15. The summed E-state index contributed by atoms with van der Waals surface area (Å²) in [5, 5.41) is 9.62. The molecule has 0 saturated carbocycles. The highest BCUT2D eigenvalue weighted by Gasteiger charge is 2.15. The van der Waals surface area contributed by atoms with Gasteiger partial charge in [-0.15, -0.1) is 11.3 Å². The van der Waals surface area contributed by atoms with E-state index < -0.39 is 5.91 Å². The highest BCUT2D eigenvalue weighted by atomic mass is 32.1. The molecule has 0 spiro atoms. The Bertz CT molecular complexity index is 1030. The summed E-state index contributed by atoms with van der Waals surface area (Å²) in [6, 6.07) is 15.0. The molecule has 0 aliphatic heterocycles. The van der Waals surface area contributed by atoms with Crippen LogP contribution in [0.2, 0.25) is 0 Å². The van der Waals surface area contributed by atoms with Crippen LogP contribution in [0.3, 0.4) is 0 Å². The number of nitrogens with one attached hydrogen (secondary N) is 2. The first-order chi connectivity index (χ1) is 13.4. The predicted molar refractivity (Wildman–Crippen MR) is 112 cm³/mol. The van der Waals surface area contributed by atoms with Crippen LogP contribution >= 0.6 is 11.3 Å². The molecule has 0 bridgehead atoms. The van der Waals surface area contributed by atoms with Crippen molar-refractivity contribution < 1.29 is 14.4 Å². The molecule has 0 atom stereocenters. The van der Waals surface area contributed by atoms with Crippen LogP contribution in [0.4, 0.5) is 10.7 Å². The maximum atomic E-state index is 12.4. The van der Waals surface area contributed by atoms with Gasteiger partial charge < -0.3 is 16.4 Å². The Morgan fingerprint density at radius 2 is 1.64 bits per heavy atom. The summed E-state index contributed by atoms with van der Waals surface area (Å²) >= 11 is 1.22. The van der Waals surface area contributed by atoms with Gasteiger partial charge in [0.15, 0.2) is 0 Å². The minimum absolute atomic E-state index is 0.000933. The molecule has 0 fully saturated rings. The van der Waals surface area contributed by atoms with Crippen molar-refractivity contribution in [2.45, 2.75) is 0 Å². The van der Waals surface area contributed by atoms with Gasteiger partial charge in [-0.05, 0) is 29.9 Å². The molecule has 3 amide bonds. The van der Waals surface area contributed by atoms with Gasteiger partial charge in [0, 0.05) is 11.1 Å². The van der Waals surface area contributed by atoms with E-state index in [1.54, 1.807) is 23.4 Å². The summed E-state index contributed by atoms with van der Waals surface area (Å²) in [5.41, 5.74) is 6.27. The fourth-order valence-corrected chi connectivity index (χ4v) is 3.65. The molecule has 0 radical (unpaired) electrons. The molecule has 0 aliphatic rings. The van der Waals surface area contributed by atoms with Crippen molar-refractivity contribution in [1.29, 1.82) is 0 Å². The first-order valence-corrected chi connectivity index (χ1v) is 9.45. The van der Waals surface area contributed by atoms with Gasteiger partial charge in [0.1, 0.15) is 5.00 Å². The van der Waals surface area contributed by atoms with Crippen LogP contribution in [-0.4, -0.2) is 42.8 Å². The molecule has 28 heavy (non-hydrogen) atoms. The lowest BCUT2D eigenvalue weighted by Crippen LogP contribution is -2.36. The van der Waals surface area contributed by atoms with E-state index in [4.69, 9.17) is 5.73 Å². The number of anilines is 2. The molecular weight excluding hydrogens is 376 g/mol. The summed E-state index contributed by atoms with van der Waals surface area (Å²) in [6.07, 6.45) is 0. The van der Waals surface area contributed by atoms with E-state index in [9.17, 15) is 14.4 Å². The number of rotatable bonds is 7.